The van der Waals surface area contributed by atoms with Crippen LogP contribution in [0.3, 0.4) is 0 Å². The molecule has 1 saturated heterocycles. The van der Waals surface area contributed by atoms with E-state index >= 15 is 0 Å². The van der Waals surface area contributed by atoms with Gasteiger partial charge in [-0.1, -0.05) is 30.3 Å². The molecule has 2 aromatic heterocycles. The number of hydrogen-bond donors (Lipinski definition) is 0. The minimum atomic E-state index is -0.726. The summed E-state index contributed by atoms with van der Waals surface area (Å²) in [5, 5.41) is 0. The van der Waals surface area contributed by atoms with E-state index in [1.54, 1.807) is 13.2 Å². The normalized spacial score (nSPS) is 21.7. The molecule has 0 bridgehead atoms. The zero-order valence-electron chi connectivity index (χ0n) is 16.1. The Hall–Kier alpha value is -2.84. The van der Waals surface area contributed by atoms with Gasteiger partial charge in [0, 0.05) is 25.7 Å². The fraction of sp³-hybridized carbons (Fsp3) is 0.400. The quantitative estimate of drug-likeness (QED) is 0.639. The van der Waals surface area contributed by atoms with Crippen LogP contribution in [0.2, 0.25) is 0 Å². The van der Waals surface area contributed by atoms with Crippen molar-refractivity contribution in [2.75, 3.05) is 13.1 Å². The van der Waals surface area contributed by atoms with Gasteiger partial charge in [-0.15, -0.1) is 0 Å². The molecule has 3 atom stereocenters. The number of fused-ring (bicyclic) bond motifs is 1. The van der Waals surface area contributed by atoms with Gasteiger partial charge >= 0.3 is 5.69 Å². The summed E-state index contributed by atoms with van der Waals surface area (Å²) < 4.78 is 8.70. The van der Waals surface area contributed by atoms with Crippen LogP contribution in [-0.4, -0.2) is 55.6 Å². The molecule has 8 nitrogen and oxygen atoms in total. The summed E-state index contributed by atoms with van der Waals surface area (Å²) in [6.45, 7) is 5.07. The molecule has 0 aliphatic carbocycles. The van der Waals surface area contributed by atoms with Crippen molar-refractivity contribution in [1.82, 2.24) is 24.0 Å². The average Bonchev–Trinajstić information content (AvgIpc) is 2.93. The number of aromatic nitrogens is 4. The van der Waals surface area contributed by atoms with Gasteiger partial charge in [-0.3, -0.25) is 18.8 Å². The predicted molar refractivity (Wildman–Crippen MR) is 105 cm³/mol. The van der Waals surface area contributed by atoms with Gasteiger partial charge in [0.1, 0.15) is 11.7 Å². The zero-order chi connectivity index (χ0) is 19.8. The second-order valence-electron chi connectivity index (χ2n) is 7.24. The first kappa shape index (κ1) is 18.5. The Labute approximate surface area is 162 Å². The Balaban J connectivity index is 1.82. The fourth-order valence-corrected chi connectivity index (χ4v) is 3.86. The van der Waals surface area contributed by atoms with Gasteiger partial charge in [0.15, 0.2) is 17.8 Å². The monoisotopic (exact) mass is 381 g/mol. The van der Waals surface area contributed by atoms with Crippen LogP contribution >= 0.6 is 0 Å². The molecule has 3 heterocycles. The Morgan fingerprint density at radius 2 is 1.86 bits per heavy atom. The standard InChI is InChI=1S/C20H23N5O3/c1-13-10-24(11-14(2)28-13)17(12-26)25-16-9-21-18(15-7-5-4-6-8-15)22-19(16)23(3)20(25)27/h4-9,12-14,17H,10-11H2,1-3H3. The molecule has 28 heavy (non-hydrogen) atoms. The summed E-state index contributed by atoms with van der Waals surface area (Å²) in [7, 11) is 1.66. The van der Waals surface area contributed by atoms with E-state index in [0.29, 0.717) is 30.1 Å². The summed E-state index contributed by atoms with van der Waals surface area (Å²) in [6.07, 6.45) is 1.67. The number of rotatable bonds is 4. The largest absolute Gasteiger partial charge is 0.373 e. The van der Waals surface area contributed by atoms with Crippen LogP contribution in [0.25, 0.3) is 22.6 Å². The average molecular weight is 381 g/mol. The van der Waals surface area contributed by atoms with Crippen LogP contribution in [0.5, 0.6) is 0 Å². The first-order chi connectivity index (χ1) is 13.5. The van der Waals surface area contributed by atoms with E-state index < -0.39 is 6.17 Å². The molecule has 146 valence electrons. The zero-order valence-corrected chi connectivity index (χ0v) is 16.1. The number of benzene rings is 1. The third-order valence-corrected chi connectivity index (χ3v) is 5.06. The number of aldehydes is 1. The van der Waals surface area contributed by atoms with Crippen molar-refractivity contribution in [3.8, 4) is 11.4 Å². The summed E-state index contributed by atoms with van der Waals surface area (Å²) in [4.78, 5) is 36.0. The van der Waals surface area contributed by atoms with Crippen LogP contribution in [0, 0.1) is 0 Å². The van der Waals surface area contributed by atoms with Crippen molar-refractivity contribution in [3.63, 3.8) is 0 Å². The number of aryl methyl sites for hydroxylation is 1. The molecule has 0 spiro atoms. The molecule has 1 aliphatic rings. The molecular weight excluding hydrogens is 358 g/mol. The van der Waals surface area contributed by atoms with Gasteiger partial charge in [0.2, 0.25) is 0 Å². The summed E-state index contributed by atoms with van der Waals surface area (Å²) >= 11 is 0. The van der Waals surface area contributed by atoms with Crippen LogP contribution < -0.4 is 5.69 Å². The molecule has 1 aromatic carbocycles. The molecule has 0 amide bonds. The number of ether oxygens (including phenoxy) is 1. The van der Waals surface area contributed by atoms with Crippen LogP contribution in [0.15, 0.2) is 41.3 Å². The highest BCUT2D eigenvalue weighted by molar-refractivity contribution is 5.75. The van der Waals surface area contributed by atoms with E-state index in [4.69, 9.17) is 4.74 Å². The van der Waals surface area contributed by atoms with Crippen molar-refractivity contribution in [1.29, 1.82) is 0 Å². The van der Waals surface area contributed by atoms with E-state index in [9.17, 15) is 9.59 Å². The molecule has 1 fully saturated rings. The van der Waals surface area contributed by atoms with Gasteiger partial charge in [-0.05, 0) is 13.8 Å². The predicted octanol–water partition coefficient (Wildman–Crippen LogP) is 1.60. The highest BCUT2D eigenvalue weighted by atomic mass is 16.5. The minimum absolute atomic E-state index is 0.0159. The smallest absolute Gasteiger partial charge is 0.331 e. The number of carbonyl (C=O) groups excluding carboxylic acids is 1. The SMILES string of the molecule is CC1CN(C(C=O)n2c(=O)n(C)c3nc(-c4ccccc4)ncc32)CC(C)O1. The number of nitrogens with zero attached hydrogens (tertiary/aromatic N) is 5. The van der Waals surface area contributed by atoms with E-state index in [0.717, 1.165) is 11.8 Å². The van der Waals surface area contributed by atoms with Crippen molar-refractivity contribution >= 4 is 17.5 Å². The highest BCUT2D eigenvalue weighted by Gasteiger charge is 2.31. The maximum absolute atomic E-state index is 13.0. The topological polar surface area (TPSA) is 82.3 Å². The molecule has 0 saturated carbocycles. The lowest BCUT2D eigenvalue weighted by Crippen LogP contribution is -2.50. The first-order valence-corrected chi connectivity index (χ1v) is 9.33. The second kappa shape index (κ2) is 7.29. The van der Waals surface area contributed by atoms with Crippen LogP contribution in [0.4, 0.5) is 0 Å². The third kappa shape index (κ3) is 3.14. The van der Waals surface area contributed by atoms with Crippen molar-refractivity contribution < 1.29 is 9.53 Å². The molecule has 1 aliphatic heterocycles. The van der Waals surface area contributed by atoms with E-state index in [1.807, 2.05) is 49.1 Å². The third-order valence-electron chi connectivity index (χ3n) is 5.06. The summed E-state index contributed by atoms with van der Waals surface area (Å²) in [6, 6.07) is 9.59. The van der Waals surface area contributed by atoms with Gasteiger partial charge in [-0.25, -0.2) is 14.8 Å². The molecule has 8 heteroatoms. The Morgan fingerprint density at radius 3 is 2.50 bits per heavy atom. The lowest BCUT2D eigenvalue weighted by atomic mass is 10.2. The first-order valence-electron chi connectivity index (χ1n) is 9.33. The minimum Gasteiger partial charge on any atom is -0.373 e. The maximum atomic E-state index is 13.0. The second-order valence-corrected chi connectivity index (χ2v) is 7.24. The molecule has 0 N–H and O–H groups in total. The van der Waals surface area contributed by atoms with Crippen molar-refractivity contribution in [3.05, 3.63) is 47.0 Å². The molecule has 4 rings (SSSR count). The fourth-order valence-electron chi connectivity index (χ4n) is 3.86. The van der Waals surface area contributed by atoms with Gasteiger partial charge in [0.05, 0.1) is 18.4 Å². The molecule has 3 unspecified atom stereocenters. The van der Waals surface area contributed by atoms with Crippen molar-refractivity contribution in [2.45, 2.75) is 32.2 Å². The van der Waals surface area contributed by atoms with Crippen LogP contribution in [-0.2, 0) is 16.6 Å². The molecule has 3 aromatic rings. The number of morpholine rings is 1. The number of imidazole rings is 1. The Bertz CT molecular complexity index is 1050. The van der Waals surface area contributed by atoms with E-state index in [-0.39, 0.29) is 17.9 Å². The summed E-state index contributed by atoms with van der Waals surface area (Å²) in [5.41, 5.74) is 1.61. The van der Waals surface area contributed by atoms with E-state index in [1.165, 1.54) is 9.13 Å². The Morgan fingerprint density at radius 1 is 1.18 bits per heavy atom. The van der Waals surface area contributed by atoms with Gasteiger partial charge in [-0.2, -0.15) is 0 Å². The lowest BCUT2D eigenvalue weighted by molar-refractivity contribution is -0.125. The number of hydrogen-bond acceptors (Lipinski definition) is 6. The highest BCUT2D eigenvalue weighted by Crippen LogP contribution is 2.23. The lowest BCUT2D eigenvalue weighted by Gasteiger charge is -2.38. The summed E-state index contributed by atoms with van der Waals surface area (Å²) in [5.74, 6) is 0.539. The maximum Gasteiger partial charge on any atom is 0.331 e. The Kier molecular flexibility index (Phi) is 4.82. The van der Waals surface area contributed by atoms with E-state index in [2.05, 4.69) is 9.97 Å². The molecular formula is C20H23N5O3. The number of carbonyl (C=O) groups is 1. The van der Waals surface area contributed by atoms with Gasteiger partial charge < -0.3 is 4.74 Å². The van der Waals surface area contributed by atoms with Crippen LogP contribution in [0.1, 0.15) is 20.0 Å². The van der Waals surface area contributed by atoms with Gasteiger partial charge in [0.25, 0.3) is 0 Å². The molecule has 0 radical (unpaired) electrons. The van der Waals surface area contributed by atoms with Crippen molar-refractivity contribution in [2.24, 2.45) is 7.05 Å².